The molecule has 2 aromatic rings. The van der Waals surface area contributed by atoms with E-state index >= 15 is 0 Å². The lowest BCUT2D eigenvalue weighted by Gasteiger charge is -2.17. The summed E-state index contributed by atoms with van der Waals surface area (Å²) < 4.78 is 5.32. The lowest BCUT2D eigenvalue weighted by atomic mass is 10.1. The summed E-state index contributed by atoms with van der Waals surface area (Å²) in [6.45, 7) is 4.30. The molecule has 0 saturated carbocycles. The topological polar surface area (TPSA) is 49.8 Å². The van der Waals surface area contributed by atoms with Crippen molar-refractivity contribution in [2.24, 2.45) is 0 Å². The molecule has 0 saturated heterocycles. The number of amides is 1. The van der Waals surface area contributed by atoms with Crippen molar-refractivity contribution >= 4 is 11.6 Å². The van der Waals surface area contributed by atoms with Gasteiger partial charge < -0.3 is 4.74 Å². The number of carbonyl (C=O) groups is 1. The quantitative estimate of drug-likeness (QED) is 0.684. The molecule has 104 valence electrons. The third kappa shape index (κ3) is 2.97. The molecule has 0 spiro atoms. The maximum atomic E-state index is 12.2. The molecule has 1 amide bonds. The molecule has 1 N–H and O–H groups in total. The van der Waals surface area contributed by atoms with Crippen LogP contribution in [0.3, 0.4) is 0 Å². The summed E-state index contributed by atoms with van der Waals surface area (Å²) in [5.74, 6) is 0.228. The van der Waals surface area contributed by atoms with E-state index < -0.39 is 5.91 Å². The highest BCUT2D eigenvalue weighted by atomic mass is 16.5. The molecule has 0 aliphatic carbocycles. The molecule has 2 aromatic carbocycles. The van der Waals surface area contributed by atoms with Gasteiger partial charge in [0.15, 0.2) is 0 Å². The van der Waals surface area contributed by atoms with Crippen molar-refractivity contribution in [3.05, 3.63) is 59.7 Å². The summed E-state index contributed by atoms with van der Waals surface area (Å²) in [7, 11) is 0. The maximum Gasteiger partial charge on any atom is 0.281 e. The zero-order valence-electron chi connectivity index (χ0n) is 11.5. The van der Waals surface area contributed by atoms with Gasteiger partial charge in [0, 0.05) is 5.56 Å². The second-order valence-electron chi connectivity index (χ2n) is 4.36. The van der Waals surface area contributed by atoms with Crippen LogP contribution in [0.1, 0.15) is 22.8 Å². The minimum Gasteiger partial charge on any atom is -0.494 e. The van der Waals surface area contributed by atoms with E-state index in [1.807, 2.05) is 26.0 Å². The van der Waals surface area contributed by atoms with E-state index in [2.05, 4.69) is 0 Å². The van der Waals surface area contributed by atoms with E-state index in [1.165, 1.54) is 0 Å². The average Bonchev–Trinajstić information content (AvgIpc) is 2.47. The minimum atomic E-state index is -0.470. The summed E-state index contributed by atoms with van der Waals surface area (Å²) >= 11 is 0. The normalized spacial score (nSPS) is 10.2. The van der Waals surface area contributed by atoms with Crippen LogP contribution in [0.4, 0.5) is 5.69 Å². The summed E-state index contributed by atoms with van der Waals surface area (Å²) in [4.78, 5) is 12.2. The van der Waals surface area contributed by atoms with E-state index in [0.29, 0.717) is 28.7 Å². The Morgan fingerprint density at radius 3 is 2.40 bits per heavy atom. The first-order valence-electron chi connectivity index (χ1n) is 6.45. The predicted octanol–water partition coefficient (Wildman–Crippen LogP) is 3.43. The number of hydrogen-bond donors (Lipinski definition) is 1. The fourth-order valence-corrected chi connectivity index (χ4v) is 1.89. The van der Waals surface area contributed by atoms with Gasteiger partial charge in [0.05, 0.1) is 12.3 Å². The highest BCUT2D eigenvalue weighted by Gasteiger charge is 2.16. The molecule has 0 unspecified atom stereocenters. The van der Waals surface area contributed by atoms with Crippen molar-refractivity contribution in [2.75, 3.05) is 11.7 Å². The molecule has 0 bridgehead atoms. The fraction of sp³-hybridized carbons (Fsp3) is 0.188. The van der Waals surface area contributed by atoms with E-state index in [1.54, 1.807) is 36.4 Å². The predicted molar refractivity (Wildman–Crippen MR) is 77.4 cm³/mol. The molecule has 4 heteroatoms. The van der Waals surface area contributed by atoms with E-state index in [-0.39, 0.29) is 0 Å². The number of hydrogen-bond acceptors (Lipinski definition) is 3. The SMILES string of the molecule is CCOc1ccc(C(=O)N(O)c2ccccc2C)cc1. The molecule has 0 atom stereocenters. The van der Waals surface area contributed by atoms with Crippen molar-refractivity contribution in [1.82, 2.24) is 0 Å². The van der Waals surface area contributed by atoms with Crippen LogP contribution in [0.5, 0.6) is 5.75 Å². The second kappa shape index (κ2) is 6.21. The van der Waals surface area contributed by atoms with Gasteiger partial charge in [-0.15, -0.1) is 0 Å². The Balaban J connectivity index is 2.20. The summed E-state index contributed by atoms with van der Waals surface area (Å²) in [5, 5.41) is 10.7. The minimum absolute atomic E-state index is 0.402. The number of anilines is 1. The maximum absolute atomic E-state index is 12.2. The average molecular weight is 271 g/mol. The van der Waals surface area contributed by atoms with Gasteiger partial charge in [-0.1, -0.05) is 18.2 Å². The third-order valence-electron chi connectivity index (χ3n) is 2.95. The number of carbonyl (C=O) groups excluding carboxylic acids is 1. The Bertz CT molecular complexity index is 593. The molecular weight excluding hydrogens is 254 g/mol. The highest BCUT2D eigenvalue weighted by molar-refractivity contribution is 6.04. The van der Waals surface area contributed by atoms with Gasteiger partial charge in [0.1, 0.15) is 5.75 Å². The van der Waals surface area contributed by atoms with Gasteiger partial charge in [-0.25, -0.2) is 0 Å². The molecule has 0 aliphatic rings. The third-order valence-corrected chi connectivity index (χ3v) is 2.95. The monoisotopic (exact) mass is 271 g/mol. The van der Waals surface area contributed by atoms with Crippen LogP contribution in [0.15, 0.2) is 48.5 Å². The van der Waals surface area contributed by atoms with E-state index in [9.17, 15) is 10.0 Å². The molecule has 0 radical (unpaired) electrons. The van der Waals surface area contributed by atoms with Gasteiger partial charge in [0.2, 0.25) is 0 Å². The standard InChI is InChI=1S/C16H17NO3/c1-3-20-14-10-8-13(9-11-14)16(18)17(19)15-7-5-4-6-12(15)2/h4-11,19H,3H2,1-2H3. The van der Waals surface area contributed by atoms with Crippen molar-refractivity contribution in [2.45, 2.75) is 13.8 Å². The van der Waals surface area contributed by atoms with Crippen molar-refractivity contribution < 1.29 is 14.7 Å². The number of aryl methyl sites for hydroxylation is 1. The largest absolute Gasteiger partial charge is 0.494 e. The van der Waals surface area contributed by atoms with E-state index in [0.717, 1.165) is 5.56 Å². The van der Waals surface area contributed by atoms with Crippen molar-refractivity contribution in [3.8, 4) is 5.75 Å². The Hall–Kier alpha value is -2.33. The number of nitrogens with zero attached hydrogens (tertiary/aromatic N) is 1. The van der Waals surface area contributed by atoms with Crippen LogP contribution >= 0.6 is 0 Å². The summed E-state index contributed by atoms with van der Waals surface area (Å²) in [6, 6.07) is 13.9. The van der Waals surface area contributed by atoms with Gasteiger partial charge in [-0.2, -0.15) is 5.06 Å². The van der Waals surface area contributed by atoms with Crippen molar-refractivity contribution in [1.29, 1.82) is 0 Å². The number of rotatable bonds is 4. The summed E-state index contributed by atoms with van der Waals surface area (Å²) in [5.41, 5.74) is 1.71. The number of hydroxylamine groups is 1. The van der Waals surface area contributed by atoms with Crippen LogP contribution < -0.4 is 9.80 Å². The van der Waals surface area contributed by atoms with Crippen LogP contribution in [-0.4, -0.2) is 17.7 Å². The molecule has 0 heterocycles. The first kappa shape index (κ1) is 14.1. The molecule has 2 rings (SSSR count). The van der Waals surface area contributed by atoms with Gasteiger partial charge >= 0.3 is 0 Å². The fourth-order valence-electron chi connectivity index (χ4n) is 1.89. The van der Waals surface area contributed by atoms with Gasteiger partial charge in [0.25, 0.3) is 5.91 Å². The van der Waals surface area contributed by atoms with Crippen LogP contribution in [-0.2, 0) is 0 Å². The summed E-state index contributed by atoms with van der Waals surface area (Å²) in [6.07, 6.45) is 0. The second-order valence-corrected chi connectivity index (χ2v) is 4.36. The van der Waals surface area contributed by atoms with E-state index in [4.69, 9.17) is 4.74 Å². The lowest BCUT2D eigenvalue weighted by Crippen LogP contribution is -2.27. The first-order valence-corrected chi connectivity index (χ1v) is 6.45. The highest BCUT2D eigenvalue weighted by Crippen LogP contribution is 2.20. The Morgan fingerprint density at radius 1 is 1.15 bits per heavy atom. The van der Waals surface area contributed by atoms with Crippen molar-refractivity contribution in [3.63, 3.8) is 0 Å². The van der Waals surface area contributed by atoms with Crippen LogP contribution in [0, 0.1) is 6.92 Å². The van der Waals surface area contributed by atoms with Gasteiger partial charge in [-0.05, 0) is 49.7 Å². The smallest absolute Gasteiger partial charge is 0.281 e. The molecule has 0 fully saturated rings. The number of ether oxygens (including phenoxy) is 1. The molecule has 20 heavy (non-hydrogen) atoms. The lowest BCUT2D eigenvalue weighted by molar-refractivity contribution is 0.0854. The number of benzene rings is 2. The first-order chi connectivity index (χ1) is 9.63. The molecular formula is C16H17NO3. The Morgan fingerprint density at radius 2 is 1.80 bits per heavy atom. The number of para-hydroxylation sites is 1. The Labute approximate surface area is 118 Å². The van der Waals surface area contributed by atoms with Crippen LogP contribution in [0.25, 0.3) is 0 Å². The zero-order valence-corrected chi connectivity index (χ0v) is 11.5. The zero-order chi connectivity index (χ0) is 14.5. The Kier molecular flexibility index (Phi) is 4.38. The van der Waals surface area contributed by atoms with Gasteiger partial charge in [-0.3, -0.25) is 10.0 Å². The van der Waals surface area contributed by atoms with Crippen LogP contribution in [0.2, 0.25) is 0 Å². The molecule has 0 aromatic heterocycles. The molecule has 4 nitrogen and oxygen atoms in total. The molecule has 0 aliphatic heterocycles.